The highest BCUT2D eigenvalue weighted by atomic mass is 127. The minimum absolute atomic E-state index is 0.164. The summed E-state index contributed by atoms with van der Waals surface area (Å²) < 4.78 is 0.894. The normalized spacial score (nSPS) is 10.3. The molecular formula is C14H12ClIN2O. The van der Waals surface area contributed by atoms with Gasteiger partial charge in [0.15, 0.2) is 0 Å². The van der Waals surface area contributed by atoms with Crippen molar-refractivity contribution in [3.05, 3.63) is 56.1 Å². The zero-order chi connectivity index (χ0) is 14.0. The lowest BCUT2D eigenvalue weighted by Crippen LogP contribution is -2.13. The first kappa shape index (κ1) is 14.1. The summed E-state index contributed by atoms with van der Waals surface area (Å²) in [4.78, 5) is 12.1. The summed E-state index contributed by atoms with van der Waals surface area (Å²) in [7, 11) is 0. The van der Waals surface area contributed by atoms with Gasteiger partial charge in [-0.05, 0) is 71.5 Å². The third kappa shape index (κ3) is 3.39. The van der Waals surface area contributed by atoms with E-state index in [9.17, 15) is 4.79 Å². The van der Waals surface area contributed by atoms with Gasteiger partial charge < -0.3 is 11.1 Å². The van der Waals surface area contributed by atoms with E-state index in [-0.39, 0.29) is 5.91 Å². The van der Waals surface area contributed by atoms with Gasteiger partial charge in [0.25, 0.3) is 5.91 Å². The molecule has 98 valence electrons. The van der Waals surface area contributed by atoms with Crippen LogP contribution in [0.15, 0.2) is 36.4 Å². The molecule has 0 bridgehead atoms. The summed E-state index contributed by atoms with van der Waals surface area (Å²) in [5.41, 5.74) is 8.62. The molecule has 0 saturated carbocycles. The molecular weight excluding hydrogens is 375 g/mol. The minimum Gasteiger partial charge on any atom is -0.399 e. The van der Waals surface area contributed by atoms with Gasteiger partial charge in [0.2, 0.25) is 0 Å². The first-order valence-corrected chi connectivity index (χ1v) is 7.05. The van der Waals surface area contributed by atoms with Crippen molar-refractivity contribution in [3.8, 4) is 0 Å². The van der Waals surface area contributed by atoms with E-state index in [1.165, 1.54) is 0 Å². The van der Waals surface area contributed by atoms with E-state index in [4.69, 9.17) is 17.3 Å². The number of hydrogen-bond donors (Lipinski definition) is 2. The highest BCUT2D eigenvalue weighted by molar-refractivity contribution is 14.1. The third-order valence-corrected chi connectivity index (χ3v) is 3.84. The zero-order valence-corrected chi connectivity index (χ0v) is 13.1. The molecule has 1 amide bonds. The number of carbonyl (C=O) groups excluding carboxylic acids is 1. The number of anilines is 2. The predicted molar refractivity (Wildman–Crippen MR) is 87.7 cm³/mol. The first-order chi connectivity index (χ1) is 8.97. The van der Waals surface area contributed by atoms with Gasteiger partial charge in [-0.2, -0.15) is 0 Å². The maximum Gasteiger partial charge on any atom is 0.255 e. The molecule has 3 nitrogen and oxygen atoms in total. The Balaban J connectivity index is 2.23. The molecule has 0 aromatic heterocycles. The van der Waals surface area contributed by atoms with E-state index in [1.807, 2.05) is 6.92 Å². The van der Waals surface area contributed by atoms with Crippen molar-refractivity contribution in [2.45, 2.75) is 6.92 Å². The largest absolute Gasteiger partial charge is 0.399 e. The summed E-state index contributed by atoms with van der Waals surface area (Å²) in [5.74, 6) is -0.164. The molecule has 0 atom stereocenters. The number of carbonyl (C=O) groups is 1. The topological polar surface area (TPSA) is 55.1 Å². The standard InChI is InChI=1S/C14H12ClIN2O/c1-8-6-9(2-4-12(8)17)14(19)18-13-5-3-10(15)7-11(13)16/h2-7H,17H2,1H3,(H,18,19). The molecule has 0 aliphatic carbocycles. The van der Waals surface area contributed by atoms with Crippen LogP contribution in [0.25, 0.3) is 0 Å². The van der Waals surface area contributed by atoms with Crippen molar-refractivity contribution in [2.75, 3.05) is 11.1 Å². The molecule has 0 aliphatic rings. The number of benzene rings is 2. The quantitative estimate of drug-likeness (QED) is 0.603. The van der Waals surface area contributed by atoms with Gasteiger partial charge in [-0.3, -0.25) is 4.79 Å². The summed E-state index contributed by atoms with van der Waals surface area (Å²) >= 11 is 8.01. The number of hydrogen-bond acceptors (Lipinski definition) is 2. The highest BCUT2D eigenvalue weighted by Gasteiger charge is 2.09. The molecule has 0 radical (unpaired) electrons. The number of halogens is 2. The number of rotatable bonds is 2. The monoisotopic (exact) mass is 386 g/mol. The molecule has 19 heavy (non-hydrogen) atoms. The van der Waals surface area contributed by atoms with Crippen molar-refractivity contribution < 1.29 is 4.79 Å². The van der Waals surface area contributed by atoms with E-state index in [1.54, 1.807) is 36.4 Å². The van der Waals surface area contributed by atoms with Crippen LogP contribution >= 0.6 is 34.2 Å². The Morgan fingerprint density at radius 2 is 2.00 bits per heavy atom. The Morgan fingerprint density at radius 3 is 2.63 bits per heavy atom. The lowest BCUT2D eigenvalue weighted by Gasteiger charge is -2.09. The Kier molecular flexibility index (Phi) is 4.31. The highest BCUT2D eigenvalue weighted by Crippen LogP contribution is 2.23. The first-order valence-electron chi connectivity index (χ1n) is 5.60. The second kappa shape index (κ2) is 5.79. The van der Waals surface area contributed by atoms with Crippen LogP contribution in [0.1, 0.15) is 15.9 Å². The second-order valence-electron chi connectivity index (χ2n) is 4.15. The predicted octanol–water partition coefficient (Wildman–Crippen LogP) is 4.09. The van der Waals surface area contributed by atoms with Crippen molar-refractivity contribution in [2.24, 2.45) is 0 Å². The fourth-order valence-electron chi connectivity index (χ4n) is 1.60. The van der Waals surface area contributed by atoms with Crippen molar-refractivity contribution in [1.82, 2.24) is 0 Å². The number of nitrogens with one attached hydrogen (secondary N) is 1. The maximum atomic E-state index is 12.1. The van der Waals surface area contributed by atoms with Crippen LogP contribution in [0, 0.1) is 10.5 Å². The van der Waals surface area contributed by atoms with Crippen LogP contribution in [0.2, 0.25) is 5.02 Å². The number of aryl methyl sites for hydroxylation is 1. The van der Waals surface area contributed by atoms with Crippen molar-refractivity contribution in [3.63, 3.8) is 0 Å². The molecule has 3 N–H and O–H groups in total. The van der Waals surface area contributed by atoms with Crippen LogP contribution in [0.3, 0.4) is 0 Å². The molecule has 0 saturated heterocycles. The smallest absolute Gasteiger partial charge is 0.255 e. The summed E-state index contributed by atoms with van der Waals surface area (Å²) in [6.45, 7) is 1.87. The van der Waals surface area contributed by atoms with Crippen molar-refractivity contribution in [1.29, 1.82) is 0 Å². The second-order valence-corrected chi connectivity index (χ2v) is 5.75. The van der Waals surface area contributed by atoms with Crippen LogP contribution in [-0.4, -0.2) is 5.91 Å². The third-order valence-electron chi connectivity index (χ3n) is 2.71. The number of nitrogen functional groups attached to an aromatic ring is 1. The van der Waals surface area contributed by atoms with Crippen LogP contribution in [0.5, 0.6) is 0 Å². The fourth-order valence-corrected chi connectivity index (χ4v) is 2.61. The number of nitrogens with two attached hydrogens (primary N) is 1. The van der Waals surface area contributed by atoms with Gasteiger partial charge >= 0.3 is 0 Å². The van der Waals surface area contributed by atoms with Gasteiger partial charge in [-0.1, -0.05) is 11.6 Å². The molecule has 2 rings (SSSR count). The Morgan fingerprint density at radius 1 is 1.26 bits per heavy atom. The molecule has 0 heterocycles. The average molecular weight is 387 g/mol. The molecule has 5 heteroatoms. The van der Waals surface area contributed by atoms with Gasteiger partial charge in [-0.25, -0.2) is 0 Å². The lowest BCUT2D eigenvalue weighted by atomic mass is 10.1. The molecule has 0 unspecified atom stereocenters. The summed E-state index contributed by atoms with van der Waals surface area (Å²) in [6, 6.07) is 10.5. The van der Waals surface area contributed by atoms with E-state index in [0.29, 0.717) is 16.3 Å². The molecule has 2 aromatic rings. The SMILES string of the molecule is Cc1cc(C(=O)Nc2ccc(Cl)cc2I)ccc1N. The molecule has 0 fully saturated rings. The van der Waals surface area contributed by atoms with Crippen molar-refractivity contribution >= 4 is 51.5 Å². The van der Waals surface area contributed by atoms with Crippen LogP contribution < -0.4 is 11.1 Å². The maximum absolute atomic E-state index is 12.1. The van der Waals surface area contributed by atoms with E-state index < -0.39 is 0 Å². The Labute approximate surface area is 130 Å². The summed E-state index contributed by atoms with van der Waals surface area (Å²) in [5, 5.41) is 3.50. The minimum atomic E-state index is -0.164. The van der Waals surface area contributed by atoms with Crippen LogP contribution in [-0.2, 0) is 0 Å². The Bertz CT molecular complexity index is 643. The summed E-state index contributed by atoms with van der Waals surface area (Å²) in [6.07, 6.45) is 0. The van der Waals surface area contributed by atoms with Gasteiger partial charge in [0, 0.05) is 19.8 Å². The van der Waals surface area contributed by atoms with E-state index in [0.717, 1.165) is 14.8 Å². The molecule has 0 spiro atoms. The lowest BCUT2D eigenvalue weighted by molar-refractivity contribution is 0.102. The van der Waals surface area contributed by atoms with Gasteiger partial charge in [-0.15, -0.1) is 0 Å². The van der Waals surface area contributed by atoms with Crippen LogP contribution in [0.4, 0.5) is 11.4 Å². The van der Waals surface area contributed by atoms with Gasteiger partial charge in [0.1, 0.15) is 0 Å². The Hall–Kier alpha value is -1.27. The average Bonchev–Trinajstić information content (AvgIpc) is 2.36. The molecule has 2 aromatic carbocycles. The van der Waals surface area contributed by atoms with E-state index in [2.05, 4.69) is 27.9 Å². The fraction of sp³-hybridized carbons (Fsp3) is 0.0714. The number of amides is 1. The zero-order valence-electron chi connectivity index (χ0n) is 10.2. The van der Waals surface area contributed by atoms with E-state index >= 15 is 0 Å². The molecule has 0 aliphatic heterocycles. The van der Waals surface area contributed by atoms with Gasteiger partial charge in [0.05, 0.1) is 5.69 Å².